The van der Waals surface area contributed by atoms with Crippen molar-refractivity contribution in [3.63, 3.8) is 0 Å². The number of carbonyl (C=O) groups excluding carboxylic acids is 2. The van der Waals surface area contributed by atoms with Gasteiger partial charge in [-0.25, -0.2) is 0 Å². The van der Waals surface area contributed by atoms with Crippen LogP contribution in [0.2, 0.25) is 0 Å². The van der Waals surface area contributed by atoms with Crippen molar-refractivity contribution in [2.24, 2.45) is 11.8 Å². The molecule has 2 bridgehead atoms. The maximum absolute atomic E-state index is 14.4. The van der Waals surface area contributed by atoms with Crippen molar-refractivity contribution < 1.29 is 24.6 Å². The Balaban J connectivity index is 1.86. The maximum atomic E-state index is 14.4. The van der Waals surface area contributed by atoms with Crippen LogP contribution < -0.4 is 4.90 Å². The number of carbonyl (C=O) groups is 3. The minimum absolute atomic E-state index is 0.170. The van der Waals surface area contributed by atoms with Crippen LogP contribution >= 0.6 is 11.8 Å². The summed E-state index contributed by atoms with van der Waals surface area (Å²) in [5.41, 5.74) is 2.67. The number of thioether (sulfide) groups is 1. The molecule has 2 N–H and O–H groups in total. The van der Waals surface area contributed by atoms with Gasteiger partial charge in [-0.05, 0) is 44.2 Å². The Hall–Kier alpha value is -2.32. The van der Waals surface area contributed by atoms with E-state index in [4.69, 9.17) is 0 Å². The van der Waals surface area contributed by atoms with Gasteiger partial charge in [0, 0.05) is 17.5 Å². The lowest BCUT2D eigenvalue weighted by molar-refractivity contribution is -0.149. The van der Waals surface area contributed by atoms with Crippen LogP contribution in [0.25, 0.3) is 0 Å². The summed E-state index contributed by atoms with van der Waals surface area (Å²) >= 11 is 1.51. The summed E-state index contributed by atoms with van der Waals surface area (Å²) < 4.78 is -0.791. The van der Waals surface area contributed by atoms with Gasteiger partial charge in [-0.3, -0.25) is 14.4 Å². The van der Waals surface area contributed by atoms with E-state index in [0.717, 1.165) is 16.8 Å². The summed E-state index contributed by atoms with van der Waals surface area (Å²) in [5.74, 6) is -3.07. The minimum atomic E-state index is -0.977. The molecule has 1 aromatic rings. The van der Waals surface area contributed by atoms with E-state index in [2.05, 4.69) is 6.58 Å². The zero-order valence-electron chi connectivity index (χ0n) is 19.4. The molecule has 0 radical (unpaired) electrons. The number of hydrogen-bond acceptors (Lipinski definition) is 5. The van der Waals surface area contributed by atoms with Crippen molar-refractivity contribution in [1.29, 1.82) is 0 Å². The molecule has 178 valence electrons. The number of carboxylic acid groups (broad SMARTS) is 1. The lowest BCUT2D eigenvalue weighted by Gasteiger charge is -2.40. The molecule has 3 aliphatic rings. The largest absolute Gasteiger partial charge is 0.481 e. The molecule has 1 spiro atoms. The van der Waals surface area contributed by atoms with Crippen LogP contribution in [0.15, 0.2) is 30.9 Å². The number of carboxylic acids is 1. The number of aliphatic hydroxyl groups is 1. The van der Waals surface area contributed by atoms with Gasteiger partial charge in [0.15, 0.2) is 0 Å². The number of likely N-dealkylation sites (tertiary alicyclic amines) is 1. The average molecular weight is 473 g/mol. The van der Waals surface area contributed by atoms with Gasteiger partial charge in [-0.2, -0.15) is 0 Å². The number of aliphatic hydroxyl groups excluding tert-OH is 1. The lowest BCUT2D eigenvalue weighted by atomic mass is 9.71. The molecule has 4 rings (SSSR count). The number of anilines is 1. The fourth-order valence-electron chi connectivity index (χ4n) is 6.26. The summed E-state index contributed by atoms with van der Waals surface area (Å²) in [6.45, 7) is 9.61. The second-order valence-corrected chi connectivity index (χ2v) is 11.0. The Morgan fingerprint density at radius 3 is 2.58 bits per heavy atom. The van der Waals surface area contributed by atoms with E-state index >= 15 is 0 Å². The molecule has 3 saturated heterocycles. The zero-order valence-corrected chi connectivity index (χ0v) is 20.2. The molecule has 0 aromatic heterocycles. The molecule has 3 aliphatic heterocycles. The van der Waals surface area contributed by atoms with Crippen LogP contribution in [0.5, 0.6) is 0 Å². The summed E-state index contributed by atoms with van der Waals surface area (Å²) in [6, 6.07) is 4.47. The monoisotopic (exact) mass is 472 g/mol. The van der Waals surface area contributed by atoms with Crippen LogP contribution in [0.3, 0.4) is 0 Å². The minimum Gasteiger partial charge on any atom is -0.481 e. The van der Waals surface area contributed by atoms with Crippen molar-refractivity contribution in [2.45, 2.75) is 62.1 Å². The first-order chi connectivity index (χ1) is 15.7. The van der Waals surface area contributed by atoms with Gasteiger partial charge in [-0.1, -0.05) is 31.2 Å². The molecule has 0 aliphatic carbocycles. The van der Waals surface area contributed by atoms with Crippen LogP contribution in [0, 0.1) is 25.7 Å². The second-order valence-electron chi connectivity index (χ2n) is 9.36. The molecule has 3 fully saturated rings. The zero-order chi connectivity index (χ0) is 24.1. The van der Waals surface area contributed by atoms with Gasteiger partial charge in [0.1, 0.15) is 6.04 Å². The third-order valence-corrected chi connectivity index (χ3v) is 9.57. The third kappa shape index (κ3) is 3.41. The molecule has 33 heavy (non-hydrogen) atoms. The summed E-state index contributed by atoms with van der Waals surface area (Å²) in [7, 11) is 0. The fraction of sp³-hybridized carbons (Fsp3) is 0.560. The molecule has 1 aromatic carbocycles. The average Bonchev–Trinajstić information content (AvgIpc) is 3.41. The van der Waals surface area contributed by atoms with Crippen molar-refractivity contribution in [1.82, 2.24) is 4.90 Å². The van der Waals surface area contributed by atoms with Crippen molar-refractivity contribution in [3.05, 3.63) is 42.0 Å². The van der Waals surface area contributed by atoms with Crippen LogP contribution in [-0.2, 0) is 14.4 Å². The maximum Gasteiger partial charge on any atom is 0.308 e. The molecule has 6 atom stereocenters. The SMILES string of the molecule is C=CCN(C(=O)C1N([C@@H](CC)CO)C(=O)[C@@H]2[C@H](C(=O)O)[C@@H]3CCC12S3)c1c(C)cccc1C. The van der Waals surface area contributed by atoms with Crippen molar-refractivity contribution in [2.75, 3.05) is 18.1 Å². The number of amides is 2. The Morgan fingerprint density at radius 1 is 1.36 bits per heavy atom. The van der Waals surface area contributed by atoms with Crippen LogP contribution in [0.1, 0.15) is 37.3 Å². The number of aryl methyl sites for hydroxylation is 2. The van der Waals surface area contributed by atoms with Gasteiger partial charge < -0.3 is 20.0 Å². The summed E-state index contributed by atoms with van der Waals surface area (Å²) in [6.07, 6.45) is 3.43. The Bertz CT molecular complexity index is 973. The highest BCUT2D eigenvalue weighted by Gasteiger charge is 2.74. The fourth-order valence-corrected chi connectivity index (χ4v) is 8.45. The van der Waals surface area contributed by atoms with Gasteiger partial charge in [0.2, 0.25) is 5.91 Å². The van der Waals surface area contributed by atoms with E-state index in [-0.39, 0.29) is 30.2 Å². The van der Waals surface area contributed by atoms with E-state index in [1.165, 1.54) is 16.7 Å². The Labute approximate surface area is 198 Å². The first-order valence-corrected chi connectivity index (χ1v) is 12.4. The van der Waals surface area contributed by atoms with Gasteiger partial charge >= 0.3 is 5.97 Å². The lowest BCUT2D eigenvalue weighted by Crippen LogP contribution is -2.57. The number of aliphatic carboxylic acids is 1. The number of benzene rings is 1. The third-order valence-electron chi connectivity index (χ3n) is 7.62. The highest BCUT2D eigenvalue weighted by atomic mass is 32.2. The summed E-state index contributed by atoms with van der Waals surface area (Å²) in [5, 5.41) is 19.9. The van der Waals surface area contributed by atoms with E-state index in [1.807, 2.05) is 39.0 Å². The standard InChI is InChI=1S/C25H32N2O5S/c1-5-12-26(20-14(3)8-7-9-15(20)4)23(30)21-25-11-10-17(33-25)18(24(31)32)19(25)22(29)27(21)16(6-2)13-28/h5,7-9,16-19,21,28H,1,6,10-13H2,2-4H3,(H,31,32)/t16-,17-,18+,19-,21?,25?/m0/s1. The van der Waals surface area contributed by atoms with E-state index in [0.29, 0.717) is 19.3 Å². The quantitative estimate of drug-likeness (QED) is 0.565. The molecular weight excluding hydrogens is 440 g/mol. The molecule has 0 saturated carbocycles. The molecule has 3 heterocycles. The molecule has 7 nitrogen and oxygen atoms in total. The number of hydrogen-bond donors (Lipinski definition) is 2. The topological polar surface area (TPSA) is 98.2 Å². The van der Waals surface area contributed by atoms with Crippen molar-refractivity contribution in [3.8, 4) is 0 Å². The first-order valence-electron chi connectivity index (χ1n) is 11.6. The Kier molecular flexibility index (Phi) is 6.35. The molecule has 2 unspecified atom stereocenters. The van der Waals surface area contributed by atoms with Gasteiger partial charge in [-0.15, -0.1) is 18.3 Å². The number of fused-ring (bicyclic) bond motifs is 1. The Morgan fingerprint density at radius 2 is 2.03 bits per heavy atom. The highest BCUT2D eigenvalue weighted by Crippen LogP contribution is 2.66. The molecular formula is C25H32N2O5S. The predicted octanol–water partition coefficient (Wildman–Crippen LogP) is 2.77. The second kappa shape index (κ2) is 8.80. The smallest absolute Gasteiger partial charge is 0.308 e. The summed E-state index contributed by atoms with van der Waals surface area (Å²) in [4.78, 5) is 43.5. The van der Waals surface area contributed by atoms with Crippen molar-refractivity contribution >= 4 is 35.2 Å². The first kappa shape index (κ1) is 23.8. The van der Waals surface area contributed by atoms with Gasteiger partial charge in [0.25, 0.3) is 5.91 Å². The van der Waals surface area contributed by atoms with Crippen LogP contribution in [0.4, 0.5) is 5.69 Å². The normalized spacial score (nSPS) is 30.9. The van der Waals surface area contributed by atoms with E-state index in [9.17, 15) is 24.6 Å². The van der Waals surface area contributed by atoms with E-state index in [1.54, 1.807) is 11.0 Å². The highest BCUT2D eigenvalue weighted by molar-refractivity contribution is 8.02. The number of nitrogens with zero attached hydrogens (tertiary/aromatic N) is 2. The van der Waals surface area contributed by atoms with E-state index < -0.39 is 34.6 Å². The predicted molar refractivity (Wildman–Crippen MR) is 128 cm³/mol. The number of para-hydroxylation sites is 1. The van der Waals surface area contributed by atoms with Gasteiger partial charge in [0.05, 0.1) is 29.2 Å². The number of rotatable bonds is 8. The molecule has 2 amide bonds. The molecule has 8 heteroatoms. The van der Waals surface area contributed by atoms with Crippen LogP contribution in [-0.4, -0.2) is 68.1 Å².